The van der Waals surface area contributed by atoms with Gasteiger partial charge >= 0.3 is 0 Å². The summed E-state index contributed by atoms with van der Waals surface area (Å²) < 4.78 is 0. The first-order valence-electron chi connectivity index (χ1n) is 9.24. The third kappa shape index (κ3) is 1.91. The first-order valence-corrected chi connectivity index (χ1v) is 10.2. The van der Waals surface area contributed by atoms with E-state index in [9.17, 15) is 4.79 Å². The molecule has 0 aromatic heterocycles. The van der Waals surface area contributed by atoms with Crippen LogP contribution in [0.1, 0.15) is 65.7 Å². The van der Waals surface area contributed by atoms with Gasteiger partial charge in [-0.05, 0) is 74.0 Å². The molecule has 4 aliphatic rings. The molecule has 3 fully saturated rings. The van der Waals surface area contributed by atoms with Crippen LogP contribution in [-0.4, -0.2) is 10.6 Å². The van der Waals surface area contributed by atoms with Crippen molar-refractivity contribution >= 4 is 21.7 Å². The van der Waals surface area contributed by atoms with E-state index in [1.165, 1.54) is 32.1 Å². The van der Waals surface area contributed by atoms with Crippen molar-refractivity contribution in [1.82, 2.24) is 0 Å². The van der Waals surface area contributed by atoms with E-state index in [1.54, 1.807) is 5.57 Å². The summed E-state index contributed by atoms with van der Waals surface area (Å²) in [7, 11) is 0. The average Bonchev–Trinajstić information content (AvgIpc) is 2.72. The molecule has 0 aliphatic heterocycles. The van der Waals surface area contributed by atoms with Crippen LogP contribution < -0.4 is 0 Å². The smallest absolute Gasteiger partial charge is 0.152 e. The Morgan fingerprint density at radius 3 is 2.64 bits per heavy atom. The molecule has 0 heterocycles. The molecule has 7 atom stereocenters. The zero-order valence-corrected chi connectivity index (χ0v) is 15.8. The second-order valence-electron chi connectivity index (χ2n) is 9.13. The number of ketones is 1. The SMILES string of the molecule is CC1CC[C@@]2(C)C(=CC[C@@H]3[C@H]2CC[C@]2(C)C(=O)C(Br)C[C@@H]32)C1. The number of carbonyl (C=O) groups excluding carboxylic acids is 1. The molecule has 3 saturated carbocycles. The van der Waals surface area contributed by atoms with E-state index in [1.807, 2.05) is 0 Å². The third-order valence-corrected chi connectivity index (χ3v) is 8.84. The molecule has 22 heavy (non-hydrogen) atoms. The van der Waals surface area contributed by atoms with Gasteiger partial charge in [0.2, 0.25) is 0 Å². The molecule has 0 radical (unpaired) electrons. The maximum atomic E-state index is 12.7. The summed E-state index contributed by atoms with van der Waals surface area (Å²) in [5.74, 6) is 3.53. The third-order valence-electron chi connectivity index (χ3n) is 8.05. The highest BCUT2D eigenvalue weighted by Gasteiger charge is 2.60. The van der Waals surface area contributed by atoms with Gasteiger partial charge in [-0.25, -0.2) is 0 Å². The lowest BCUT2D eigenvalue weighted by atomic mass is 9.47. The van der Waals surface area contributed by atoms with Gasteiger partial charge in [-0.3, -0.25) is 4.79 Å². The molecule has 0 aromatic carbocycles. The maximum Gasteiger partial charge on any atom is 0.152 e. The van der Waals surface area contributed by atoms with Crippen LogP contribution >= 0.6 is 15.9 Å². The van der Waals surface area contributed by atoms with Gasteiger partial charge in [0, 0.05) is 5.41 Å². The number of Topliss-reactive ketones (excluding diaryl/α,β-unsaturated/α-hetero) is 1. The highest BCUT2D eigenvalue weighted by molar-refractivity contribution is 9.10. The summed E-state index contributed by atoms with van der Waals surface area (Å²) in [5, 5.41) is 0. The average molecular weight is 365 g/mol. The number of hydrogen-bond acceptors (Lipinski definition) is 1. The zero-order chi connectivity index (χ0) is 15.7. The van der Waals surface area contributed by atoms with Gasteiger partial charge in [0.1, 0.15) is 0 Å². The van der Waals surface area contributed by atoms with Gasteiger partial charge in [0.05, 0.1) is 4.83 Å². The fourth-order valence-corrected chi connectivity index (χ4v) is 7.52. The van der Waals surface area contributed by atoms with E-state index in [2.05, 4.69) is 42.8 Å². The number of allylic oxidation sites excluding steroid dienone is 2. The van der Waals surface area contributed by atoms with Crippen LogP contribution in [0.25, 0.3) is 0 Å². The summed E-state index contributed by atoms with van der Waals surface area (Å²) in [5.41, 5.74) is 2.15. The Bertz CT molecular complexity index is 538. The Labute approximate surface area is 143 Å². The van der Waals surface area contributed by atoms with Gasteiger partial charge in [-0.15, -0.1) is 0 Å². The van der Waals surface area contributed by atoms with Crippen molar-refractivity contribution in [3.8, 4) is 0 Å². The Kier molecular flexibility index (Phi) is 3.46. The second-order valence-corrected chi connectivity index (χ2v) is 10.2. The van der Waals surface area contributed by atoms with Crippen molar-refractivity contribution in [3.05, 3.63) is 11.6 Å². The highest BCUT2D eigenvalue weighted by atomic mass is 79.9. The number of carbonyl (C=O) groups is 1. The Balaban J connectivity index is 1.70. The quantitative estimate of drug-likeness (QED) is 0.408. The minimum atomic E-state index is -0.0427. The van der Waals surface area contributed by atoms with Gasteiger partial charge in [-0.2, -0.15) is 0 Å². The normalized spacial score (nSPS) is 54.3. The van der Waals surface area contributed by atoms with E-state index in [0.717, 1.165) is 30.6 Å². The molecule has 4 rings (SSSR count). The topological polar surface area (TPSA) is 17.1 Å². The van der Waals surface area contributed by atoms with Gasteiger partial charge in [0.15, 0.2) is 5.78 Å². The fourth-order valence-electron chi connectivity index (χ4n) is 6.59. The van der Waals surface area contributed by atoms with Crippen molar-refractivity contribution in [2.45, 2.75) is 70.5 Å². The van der Waals surface area contributed by atoms with Crippen LogP contribution in [0.2, 0.25) is 0 Å². The lowest BCUT2D eigenvalue weighted by Gasteiger charge is -2.56. The van der Waals surface area contributed by atoms with Crippen LogP contribution in [-0.2, 0) is 4.79 Å². The van der Waals surface area contributed by atoms with Crippen molar-refractivity contribution in [2.75, 3.05) is 0 Å². The molecule has 0 spiro atoms. The number of rotatable bonds is 0. The lowest BCUT2D eigenvalue weighted by Crippen LogP contribution is -2.50. The van der Waals surface area contributed by atoms with Crippen LogP contribution in [0.5, 0.6) is 0 Å². The van der Waals surface area contributed by atoms with E-state index in [0.29, 0.717) is 17.1 Å². The standard InChI is InChI=1S/C20H29BrO/c1-12-6-8-19(2)13(10-12)4-5-14-15(19)7-9-20(3)16(14)11-17(21)18(20)22/h4,12,14-17H,5-11H2,1-3H3/t12?,14-,15-,16+,17?,19+,20+/m1/s1. The first-order chi connectivity index (χ1) is 10.4. The van der Waals surface area contributed by atoms with Crippen LogP contribution in [0.15, 0.2) is 11.6 Å². The minimum absolute atomic E-state index is 0.0427. The fraction of sp³-hybridized carbons (Fsp3) is 0.850. The van der Waals surface area contributed by atoms with Crippen LogP contribution in [0, 0.1) is 34.5 Å². The lowest BCUT2D eigenvalue weighted by molar-refractivity contribution is -0.131. The Morgan fingerprint density at radius 1 is 1.14 bits per heavy atom. The molecule has 0 bridgehead atoms. The van der Waals surface area contributed by atoms with Crippen molar-refractivity contribution in [3.63, 3.8) is 0 Å². The van der Waals surface area contributed by atoms with Gasteiger partial charge in [0.25, 0.3) is 0 Å². The zero-order valence-electron chi connectivity index (χ0n) is 14.2. The largest absolute Gasteiger partial charge is 0.298 e. The van der Waals surface area contributed by atoms with E-state index in [-0.39, 0.29) is 10.2 Å². The summed E-state index contributed by atoms with van der Waals surface area (Å²) in [6.07, 6.45) is 11.4. The molecule has 122 valence electrons. The molecule has 0 amide bonds. The van der Waals surface area contributed by atoms with Crippen molar-refractivity contribution < 1.29 is 4.79 Å². The number of hydrogen-bond donors (Lipinski definition) is 0. The summed E-state index contributed by atoms with van der Waals surface area (Å²) >= 11 is 3.67. The van der Waals surface area contributed by atoms with Gasteiger partial charge < -0.3 is 0 Å². The molecule has 0 saturated heterocycles. The Morgan fingerprint density at radius 2 is 1.86 bits per heavy atom. The summed E-state index contributed by atoms with van der Waals surface area (Å²) in [4.78, 5) is 12.8. The molecule has 4 aliphatic carbocycles. The number of halogens is 1. The van der Waals surface area contributed by atoms with Crippen molar-refractivity contribution in [1.29, 1.82) is 0 Å². The maximum absolute atomic E-state index is 12.7. The summed E-state index contributed by atoms with van der Waals surface area (Å²) in [6.45, 7) is 7.23. The first kappa shape index (κ1) is 15.4. The van der Waals surface area contributed by atoms with E-state index < -0.39 is 0 Å². The van der Waals surface area contributed by atoms with E-state index in [4.69, 9.17) is 0 Å². The molecule has 2 heteroatoms. The Hall–Kier alpha value is -0.110. The van der Waals surface area contributed by atoms with Gasteiger partial charge in [-0.1, -0.05) is 48.4 Å². The number of alkyl halides is 1. The summed E-state index contributed by atoms with van der Waals surface area (Å²) in [6, 6.07) is 0. The molecule has 0 N–H and O–H groups in total. The van der Waals surface area contributed by atoms with E-state index >= 15 is 0 Å². The second kappa shape index (κ2) is 4.94. The molecule has 1 nitrogen and oxygen atoms in total. The monoisotopic (exact) mass is 364 g/mol. The molecular weight excluding hydrogens is 336 g/mol. The molecule has 0 aromatic rings. The van der Waals surface area contributed by atoms with Crippen molar-refractivity contribution in [2.24, 2.45) is 34.5 Å². The molecular formula is C20H29BrO. The van der Waals surface area contributed by atoms with Crippen LogP contribution in [0.4, 0.5) is 0 Å². The van der Waals surface area contributed by atoms with Crippen LogP contribution in [0.3, 0.4) is 0 Å². The molecule has 2 unspecified atom stereocenters. The highest BCUT2D eigenvalue weighted by Crippen LogP contribution is 2.64. The minimum Gasteiger partial charge on any atom is -0.298 e. The predicted octanol–water partition coefficient (Wildman–Crippen LogP) is 5.53. The predicted molar refractivity (Wildman–Crippen MR) is 94.0 cm³/mol. The number of fused-ring (bicyclic) bond motifs is 5.